The number of hydrogen-bond acceptors (Lipinski definition) is 3. The van der Waals surface area contributed by atoms with Crippen molar-refractivity contribution in [1.82, 2.24) is 4.31 Å². The van der Waals surface area contributed by atoms with Gasteiger partial charge in [0.15, 0.2) is 0 Å². The molecule has 98 valence electrons. The lowest BCUT2D eigenvalue weighted by Crippen LogP contribution is -2.51. The van der Waals surface area contributed by atoms with E-state index in [1.807, 2.05) is 24.3 Å². The number of carbonyl (C=O) groups excluding carboxylic acids is 1. The van der Waals surface area contributed by atoms with Gasteiger partial charge >= 0.3 is 5.97 Å². The molecule has 0 saturated carbocycles. The molecule has 0 radical (unpaired) electrons. The maximum Gasteiger partial charge on any atom is 0.311 e. The first-order chi connectivity index (χ1) is 8.65. The predicted molar refractivity (Wildman–Crippen MR) is 72.6 cm³/mol. The smallest absolute Gasteiger partial charge is 0.311 e. The van der Waals surface area contributed by atoms with Gasteiger partial charge in [0.1, 0.15) is 11.0 Å². The van der Waals surface area contributed by atoms with Gasteiger partial charge in [0, 0.05) is 18.4 Å². The minimum absolute atomic E-state index is 0.140. The van der Waals surface area contributed by atoms with Crippen molar-refractivity contribution in [2.24, 2.45) is 5.92 Å². The van der Waals surface area contributed by atoms with Gasteiger partial charge in [-0.3, -0.25) is 4.79 Å². The Morgan fingerprint density at radius 2 is 2.28 bits per heavy atom. The fraction of sp³-hybridized carbons (Fsp3) is 0.417. The van der Waals surface area contributed by atoms with Crippen LogP contribution in [-0.2, 0) is 25.8 Å². The molecule has 1 atom stereocenters. The fourth-order valence-electron chi connectivity index (χ4n) is 1.78. The summed E-state index contributed by atoms with van der Waals surface area (Å²) < 4.78 is 18.6. The van der Waals surface area contributed by atoms with E-state index in [-0.39, 0.29) is 11.9 Å². The largest absolute Gasteiger partial charge is 0.469 e. The van der Waals surface area contributed by atoms with Gasteiger partial charge in [0.05, 0.1) is 17.9 Å². The Balaban J connectivity index is 1.99. The number of benzene rings is 1. The number of nitrogens with zero attached hydrogens (tertiary/aromatic N) is 1. The zero-order valence-corrected chi connectivity index (χ0v) is 12.4. The Labute approximate surface area is 117 Å². The first-order valence-corrected chi connectivity index (χ1v) is 7.78. The van der Waals surface area contributed by atoms with E-state index in [1.54, 1.807) is 4.31 Å². The van der Waals surface area contributed by atoms with Crippen molar-refractivity contribution in [2.75, 3.05) is 20.2 Å². The summed E-state index contributed by atoms with van der Waals surface area (Å²) in [5.41, 5.74) is 1.09. The molecule has 1 aromatic carbocycles. The van der Waals surface area contributed by atoms with Crippen molar-refractivity contribution in [3.8, 4) is 0 Å². The number of carbonyl (C=O) groups is 1. The third-order valence-electron chi connectivity index (χ3n) is 2.87. The van der Waals surface area contributed by atoms with Crippen LogP contribution in [0.4, 0.5) is 0 Å². The number of halogens is 1. The molecule has 0 aromatic heterocycles. The third-order valence-corrected chi connectivity index (χ3v) is 4.94. The van der Waals surface area contributed by atoms with Crippen LogP contribution < -0.4 is 0 Å². The summed E-state index contributed by atoms with van der Waals surface area (Å²) in [6, 6.07) is 7.62. The highest BCUT2D eigenvalue weighted by atomic mass is 79.9. The van der Waals surface area contributed by atoms with Gasteiger partial charge in [-0.2, -0.15) is 0 Å². The molecule has 1 aliphatic heterocycles. The Kier molecular flexibility index (Phi) is 4.53. The van der Waals surface area contributed by atoms with E-state index in [4.69, 9.17) is 0 Å². The molecular formula is C12H14BrNO3S. The van der Waals surface area contributed by atoms with Crippen molar-refractivity contribution in [1.29, 1.82) is 0 Å². The zero-order chi connectivity index (χ0) is 13.1. The monoisotopic (exact) mass is 331 g/mol. The van der Waals surface area contributed by atoms with Crippen LogP contribution in [-0.4, -0.2) is 34.7 Å². The minimum atomic E-state index is -1.19. The Hall–Kier alpha value is -0.720. The van der Waals surface area contributed by atoms with Crippen LogP contribution in [0.2, 0.25) is 0 Å². The minimum Gasteiger partial charge on any atom is -0.469 e. The van der Waals surface area contributed by atoms with Gasteiger partial charge in [-0.25, -0.2) is 8.51 Å². The van der Waals surface area contributed by atoms with E-state index in [9.17, 15) is 9.00 Å². The summed E-state index contributed by atoms with van der Waals surface area (Å²) in [4.78, 5) is 12.0. The SMILES string of the molecule is COC(=O)C1CN(S(=O)c2cccc(CBr)c2)C1. The molecule has 0 bridgehead atoms. The molecule has 0 aliphatic carbocycles. The fourth-order valence-corrected chi connectivity index (χ4v) is 3.50. The van der Waals surface area contributed by atoms with E-state index in [0.717, 1.165) is 15.8 Å². The molecule has 1 aromatic rings. The van der Waals surface area contributed by atoms with Gasteiger partial charge in [0.25, 0.3) is 0 Å². The number of methoxy groups -OCH3 is 1. The number of alkyl halides is 1. The quantitative estimate of drug-likeness (QED) is 0.623. The molecule has 0 amide bonds. The molecule has 18 heavy (non-hydrogen) atoms. The maximum atomic E-state index is 12.2. The number of ether oxygens (including phenoxy) is 1. The summed E-state index contributed by atoms with van der Waals surface area (Å²) in [5, 5.41) is 0.739. The number of esters is 1. The summed E-state index contributed by atoms with van der Waals surface area (Å²) in [7, 11) is 0.189. The molecule has 4 nitrogen and oxygen atoms in total. The highest BCUT2D eigenvalue weighted by Gasteiger charge is 2.37. The summed E-state index contributed by atoms with van der Waals surface area (Å²) >= 11 is 3.37. The van der Waals surface area contributed by atoms with Crippen LogP contribution in [0, 0.1) is 5.92 Å². The van der Waals surface area contributed by atoms with Crippen LogP contribution in [0.25, 0.3) is 0 Å². The zero-order valence-electron chi connectivity index (χ0n) is 9.97. The first-order valence-electron chi connectivity index (χ1n) is 5.55. The van der Waals surface area contributed by atoms with E-state index in [1.165, 1.54) is 7.11 Å². The van der Waals surface area contributed by atoms with Gasteiger partial charge in [-0.15, -0.1) is 0 Å². The van der Waals surface area contributed by atoms with E-state index in [2.05, 4.69) is 20.7 Å². The average molecular weight is 332 g/mol. The Morgan fingerprint density at radius 1 is 1.56 bits per heavy atom. The number of hydrogen-bond donors (Lipinski definition) is 0. The van der Waals surface area contributed by atoms with Crippen LogP contribution in [0.15, 0.2) is 29.2 Å². The molecule has 1 saturated heterocycles. The van der Waals surface area contributed by atoms with Crippen LogP contribution in [0.3, 0.4) is 0 Å². The summed E-state index contributed by atoms with van der Waals surface area (Å²) in [6.45, 7) is 0.996. The molecule has 1 fully saturated rings. The van der Waals surface area contributed by atoms with Gasteiger partial charge in [0.2, 0.25) is 0 Å². The lowest BCUT2D eigenvalue weighted by atomic mass is 10.0. The summed E-state index contributed by atoms with van der Waals surface area (Å²) in [5.74, 6) is -0.365. The molecular weight excluding hydrogens is 318 g/mol. The highest BCUT2D eigenvalue weighted by Crippen LogP contribution is 2.23. The number of rotatable bonds is 4. The molecule has 1 unspecified atom stereocenters. The lowest BCUT2D eigenvalue weighted by molar-refractivity contribution is -0.149. The Bertz CT molecular complexity index is 474. The average Bonchev–Trinajstić information content (AvgIpc) is 2.36. The van der Waals surface area contributed by atoms with Crippen LogP contribution in [0.1, 0.15) is 5.56 Å². The second-order valence-electron chi connectivity index (χ2n) is 4.10. The molecule has 6 heteroatoms. The van der Waals surface area contributed by atoms with E-state index < -0.39 is 11.0 Å². The van der Waals surface area contributed by atoms with Crippen molar-refractivity contribution in [2.45, 2.75) is 10.2 Å². The molecule has 1 heterocycles. The topological polar surface area (TPSA) is 46.6 Å². The van der Waals surface area contributed by atoms with Crippen molar-refractivity contribution < 1.29 is 13.7 Å². The molecule has 0 spiro atoms. The van der Waals surface area contributed by atoms with Crippen LogP contribution in [0.5, 0.6) is 0 Å². The normalized spacial score (nSPS) is 18.1. The molecule has 0 N–H and O–H groups in total. The Morgan fingerprint density at radius 3 is 2.89 bits per heavy atom. The van der Waals surface area contributed by atoms with Crippen molar-refractivity contribution in [3.63, 3.8) is 0 Å². The van der Waals surface area contributed by atoms with Crippen LogP contribution >= 0.6 is 15.9 Å². The van der Waals surface area contributed by atoms with Gasteiger partial charge < -0.3 is 4.74 Å². The second kappa shape index (κ2) is 5.95. The third kappa shape index (κ3) is 2.81. The first kappa shape index (κ1) is 13.7. The van der Waals surface area contributed by atoms with Gasteiger partial charge in [-0.05, 0) is 17.7 Å². The van der Waals surface area contributed by atoms with E-state index >= 15 is 0 Å². The standard InChI is InChI=1S/C12H14BrNO3S/c1-17-12(15)10-7-14(8-10)18(16)11-4-2-3-9(5-11)6-13/h2-5,10H,6-8H2,1H3. The van der Waals surface area contributed by atoms with Gasteiger partial charge in [-0.1, -0.05) is 28.1 Å². The van der Waals surface area contributed by atoms with E-state index in [0.29, 0.717) is 13.1 Å². The highest BCUT2D eigenvalue weighted by molar-refractivity contribution is 9.08. The summed E-state index contributed by atoms with van der Waals surface area (Å²) in [6.07, 6.45) is 0. The molecule has 2 rings (SSSR count). The maximum absolute atomic E-state index is 12.2. The lowest BCUT2D eigenvalue weighted by Gasteiger charge is -2.35. The molecule has 1 aliphatic rings. The predicted octanol–water partition coefficient (Wildman–Crippen LogP) is 1.71. The van der Waals surface area contributed by atoms with Crippen molar-refractivity contribution >= 4 is 32.9 Å². The van der Waals surface area contributed by atoms with Crippen molar-refractivity contribution in [3.05, 3.63) is 29.8 Å². The second-order valence-corrected chi connectivity index (χ2v) is 6.14.